The molecule has 5 heteroatoms. The zero-order valence-electron chi connectivity index (χ0n) is 11.4. The van der Waals surface area contributed by atoms with Gasteiger partial charge in [0.15, 0.2) is 0 Å². The number of hydrogen-bond donors (Lipinski definition) is 1. The molecule has 0 aliphatic carbocycles. The first kappa shape index (κ1) is 15.9. The van der Waals surface area contributed by atoms with Gasteiger partial charge in [0.2, 0.25) is 0 Å². The van der Waals surface area contributed by atoms with Gasteiger partial charge in [-0.25, -0.2) is 0 Å². The topological polar surface area (TPSA) is 12.0 Å². The Hall–Kier alpha value is -1.52. The molecule has 0 spiro atoms. The van der Waals surface area contributed by atoms with Crippen molar-refractivity contribution in [2.24, 2.45) is 0 Å². The highest BCUT2D eigenvalue weighted by Crippen LogP contribution is 2.30. The van der Waals surface area contributed by atoms with Crippen LogP contribution in [0.2, 0.25) is 5.02 Å². The number of alkyl halides is 3. The van der Waals surface area contributed by atoms with E-state index in [2.05, 4.69) is 5.32 Å². The second-order valence-corrected chi connectivity index (χ2v) is 5.23. The summed E-state index contributed by atoms with van der Waals surface area (Å²) in [5, 5.41) is 3.77. The van der Waals surface area contributed by atoms with Crippen LogP contribution in [-0.4, -0.2) is 7.05 Å². The predicted molar refractivity (Wildman–Crippen MR) is 78.4 cm³/mol. The Morgan fingerprint density at radius 1 is 1.10 bits per heavy atom. The number of likely N-dealkylation sites (N-methyl/N-ethyl adjacent to an activating group) is 1. The molecule has 112 valence electrons. The number of benzene rings is 2. The smallest absolute Gasteiger partial charge is 0.313 e. The lowest BCUT2D eigenvalue weighted by atomic mass is 9.98. The average Bonchev–Trinajstić information content (AvgIpc) is 2.44. The summed E-state index contributed by atoms with van der Waals surface area (Å²) in [6.07, 6.45) is -3.65. The SMILES string of the molecule is CNC(Cc1cccc(Cl)c1)c1ccc(C(F)(F)F)cc1. The molecule has 1 unspecified atom stereocenters. The van der Waals surface area contributed by atoms with Crippen molar-refractivity contribution in [3.8, 4) is 0 Å². The minimum atomic E-state index is -4.30. The first-order valence-corrected chi connectivity index (χ1v) is 6.87. The number of hydrogen-bond acceptors (Lipinski definition) is 1. The lowest BCUT2D eigenvalue weighted by Gasteiger charge is -2.18. The molecule has 0 saturated carbocycles. The first-order chi connectivity index (χ1) is 9.90. The molecule has 1 N–H and O–H groups in total. The molecule has 0 aliphatic heterocycles. The fraction of sp³-hybridized carbons (Fsp3) is 0.250. The van der Waals surface area contributed by atoms with Crippen LogP contribution in [0.5, 0.6) is 0 Å². The largest absolute Gasteiger partial charge is 0.416 e. The standard InChI is InChI=1S/C16H15ClF3N/c1-21-15(10-11-3-2-4-14(17)9-11)12-5-7-13(8-6-12)16(18,19)20/h2-9,15,21H,10H2,1H3. The van der Waals surface area contributed by atoms with Gasteiger partial charge >= 0.3 is 6.18 Å². The van der Waals surface area contributed by atoms with E-state index < -0.39 is 11.7 Å². The molecular formula is C16H15ClF3N. The van der Waals surface area contributed by atoms with Crippen LogP contribution in [0, 0.1) is 0 Å². The molecule has 0 bridgehead atoms. The maximum absolute atomic E-state index is 12.6. The van der Waals surface area contributed by atoms with Crippen molar-refractivity contribution >= 4 is 11.6 Å². The quantitative estimate of drug-likeness (QED) is 0.850. The molecule has 0 heterocycles. The van der Waals surface area contributed by atoms with E-state index in [0.29, 0.717) is 11.4 Å². The van der Waals surface area contributed by atoms with E-state index in [0.717, 1.165) is 23.3 Å². The third kappa shape index (κ3) is 4.22. The number of rotatable bonds is 4. The zero-order valence-corrected chi connectivity index (χ0v) is 12.2. The third-order valence-electron chi connectivity index (χ3n) is 3.32. The molecule has 0 aromatic heterocycles. The van der Waals surface area contributed by atoms with Crippen LogP contribution in [0.1, 0.15) is 22.7 Å². The van der Waals surface area contributed by atoms with Gasteiger partial charge in [0.1, 0.15) is 0 Å². The number of nitrogens with one attached hydrogen (secondary N) is 1. The fourth-order valence-corrected chi connectivity index (χ4v) is 2.40. The third-order valence-corrected chi connectivity index (χ3v) is 3.55. The summed E-state index contributed by atoms with van der Waals surface area (Å²) in [5.41, 5.74) is 1.20. The van der Waals surface area contributed by atoms with Gasteiger partial charge in [-0.2, -0.15) is 13.2 Å². The van der Waals surface area contributed by atoms with Gasteiger partial charge < -0.3 is 5.32 Å². The Balaban J connectivity index is 2.18. The first-order valence-electron chi connectivity index (χ1n) is 6.49. The van der Waals surface area contributed by atoms with Gasteiger partial charge in [0.25, 0.3) is 0 Å². The van der Waals surface area contributed by atoms with E-state index in [1.165, 1.54) is 12.1 Å². The van der Waals surface area contributed by atoms with Gasteiger partial charge in [0, 0.05) is 11.1 Å². The molecule has 0 fully saturated rings. The van der Waals surface area contributed by atoms with Crippen LogP contribution in [-0.2, 0) is 12.6 Å². The van der Waals surface area contributed by atoms with Crippen LogP contribution in [0.25, 0.3) is 0 Å². The molecule has 1 atom stereocenters. The van der Waals surface area contributed by atoms with E-state index in [1.54, 1.807) is 13.1 Å². The maximum Gasteiger partial charge on any atom is 0.416 e. The normalized spacial score (nSPS) is 13.2. The fourth-order valence-electron chi connectivity index (χ4n) is 2.19. The van der Waals surface area contributed by atoms with Crippen molar-refractivity contribution in [3.05, 3.63) is 70.2 Å². The summed E-state index contributed by atoms with van der Waals surface area (Å²) in [4.78, 5) is 0. The van der Waals surface area contributed by atoms with Crippen LogP contribution < -0.4 is 5.32 Å². The highest BCUT2D eigenvalue weighted by Gasteiger charge is 2.30. The molecular weight excluding hydrogens is 299 g/mol. The van der Waals surface area contributed by atoms with Gasteiger partial charge in [-0.05, 0) is 48.9 Å². The van der Waals surface area contributed by atoms with E-state index in [1.807, 2.05) is 18.2 Å². The minimum absolute atomic E-state index is 0.0641. The molecule has 0 radical (unpaired) electrons. The zero-order chi connectivity index (χ0) is 15.5. The summed E-state index contributed by atoms with van der Waals surface area (Å²) in [7, 11) is 1.78. The Morgan fingerprint density at radius 2 is 1.76 bits per heavy atom. The van der Waals surface area contributed by atoms with Crippen molar-refractivity contribution in [1.82, 2.24) is 5.32 Å². The van der Waals surface area contributed by atoms with Crippen molar-refractivity contribution < 1.29 is 13.2 Å². The van der Waals surface area contributed by atoms with Crippen molar-refractivity contribution in [2.45, 2.75) is 18.6 Å². The highest BCUT2D eigenvalue weighted by atomic mass is 35.5. The maximum atomic E-state index is 12.6. The van der Waals surface area contributed by atoms with Gasteiger partial charge in [-0.1, -0.05) is 35.9 Å². The van der Waals surface area contributed by atoms with Crippen LogP contribution in [0.4, 0.5) is 13.2 Å². The van der Waals surface area contributed by atoms with E-state index in [4.69, 9.17) is 11.6 Å². The average molecular weight is 314 g/mol. The molecule has 2 rings (SSSR count). The lowest BCUT2D eigenvalue weighted by molar-refractivity contribution is -0.137. The minimum Gasteiger partial charge on any atom is -0.313 e. The van der Waals surface area contributed by atoms with Crippen molar-refractivity contribution in [1.29, 1.82) is 0 Å². The van der Waals surface area contributed by atoms with Crippen molar-refractivity contribution in [3.63, 3.8) is 0 Å². The summed E-state index contributed by atoms with van der Waals surface area (Å²) >= 11 is 5.94. The molecule has 0 saturated heterocycles. The van der Waals surface area contributed by atoms with E-state index in [9.17, 15) is 13.2 Å². The van der Waals surface area contributed by atoms with Crippen LogP contribution in [0.3, 0.4) is 0 Å². The van der Waals surface area contributed by atoms with Gasteiger partial charge in [-0.3, -0.25) is 0 Å². The van der Waals surface area contributed by atoms with Crippen molar-refractivity contribution in [2.75, 3.05) is 7.05 Å². The Labute approximate surface area is 126 Å². The molecule has 1 nitrogen and oxygen atoms in total. The molecule has 2 aromatic rings. The summed E-state index contributed by atoms with van der Waals surface area (Å²) in [5.74, 6) is 0. The Bertz CT molecular complexity index is 593. The van der Waals surface area contributed by atoms with E-state index >= 15 is 0 Å². The predicted octanol–water partition coefficient (Wildman–Crippen LogP) is 4.86. The summed E-state index contributed by atoms with van der Waals surface area (Å²) < 4.78 is 37.7. The monoisotopic (exact) mass is 313 g/mol. The second-order valence-electron chi connectivity index (χ2n) is 4.80. The van der Waals surface area contributed by atoms with Gasteiger partial charge in [-0.15, -0.1) is 0 Å². The molecule has 0 amide bonds. The van der Waals surface area contributed by atoms with E-state index in [-0.39, 0.29) is 6.04 Å². The lowest BCUT2D eigenvalue weighted by Crippen LogP contribution is -2.19. The Morgan fingerprint density at radius 3 is 2.29 bits per heavy atom. The number of halogens is 4. The Kier molecular flexibility index (Phi) is 4.91. The summed E-state index contributed by atoms with van der Waals surface area (Å²) in [6, 6.07) is 12.6. The summed E-state index contributed by atoms with van der Waals surface area (Å²) in [6.45, 7) is 0. The second kappa shape index (κ2) is 6.50. The van der Waals surface area contributed by atoms with Crippen LogP contribution >= 0.6 is 11.6 Å². The molecule has 0 aliphatic rings. The van der Waals surface area contributed by atoms with Crippen LogP contribution in [0.15, 0.2) is 48.5 Å². The molecule has 21 heavy (non-hydrogen) atoms. The highest BCUT2D eigenvalue weighted by molar-refractivity contribution is 6.30. The molecule has 2 aromatic carbocycles. The van der Waals surface area contributed by atoms with Gasteiger partial charge in [0.05, 0.1) is 5.56 Å².